The molecule has 0 spiro atoms. The molecule has 0 saturated heterocycles. The third-order valence-corrected chi connectivity index (χ3v) is 3.05. The second-order valence-electron chi connectivity index (χ2n) is 4.89. The normalized spacial score (nSPS) is 11.2. The maximum Gasteiger partial charge on any atom is 0.270 e. The number of amides is 1. The molecule has 7 heteroatoms. The number of benzene rings is 1. The van der Waals surface area contributed by atoms with Gasteiger partial charge in [-0.3, -0.25) is 14.9 Å². The molecule has 0 fully saturated rings. The molecule has 0 radical (unpaired) electrons. The van der Waals surface area contributed by atoms with Gasteiger partial charge in [-0.1, -0.05) is 0 Å². The van der Waals surface area contributed by atoms with Crippen molar-refractivity contribution in [1.82, 2.24) is 4.90 Å². The van der Waals surface area contributed by atoms with Gasteiger partial charge in [0.1, 0.15) is 0 Å². The average Bonchev–Trinajstić information content (AvgIpc) is 2.26. The predicted molar refractivity (Wildman–Crippen MR) is 74.1 cm³/mol. The fourth-order valence-electron chi connectivity index (χ4n) is 1.65. The van der Waals surface area contributed by atoms with Gasteiger partial charge in [0.25, 0.3) is 11.6 Å². The van der Waals surface area contributed by atoms with E-state index in [1.165, 1.54) is 30.1 Å². The van der Waals surface area contributed by atoms with Crippen LogP contribution in [0.3, 0.4) is 0 Å². The molecule has 0 atom stereocenters. The Labute approximate surface area is 119 Å². The summed E-state index contributed by atoms with van der Waals surface area (Å²) < 4.78 is 0.477. The Bertz CT molecular complexity index is 511. The number of carbonyl (C=O) groups is 1. The minimum Gasteiger partial charge on any atom is -0.389 e. The minimum absolute atomic E-state index is 0.126. The number of nitro groups is 1. The summed E-state index contributed by atoms with van der Waals surface area (Å²) in [5.41, 5.74) is -0.985. The monoisotopic (exact) mass is 330 g/mol. The van der Waals surface area contributed by atoms with E-state index in [2.05, 4.69) is 15.9 Å². The van der Waals surface area contributed by atoms with Crippen molar-refractivity contribution in [3.05, 3.63) is 38.3 Å². The standard InChI is InChI=1S/C12H15BrN2O4/c1-12(2,17)7-14(3)11(16)9-6-8(15(18)19)4-5-10(9)13/h4-6,17H,7H2,1-3H3. The third-order valence-electron chi connectivity index (χ3n) is 2.36. The SMILES string of the molecule is CN(CC(C)(C)O)C(=O)c1cc([N+](=O)[O-])ccc1Br. The fraction of sp³-hybridized carbons (Fsp3) is 0.417. The minimum atomic E-state index is -1.03. The van der Waals surface area contributed by atoms with Gasteiger partial charge < -0.3 is 10.0 Å². The summed E-state index contributed by atoms with van der Waals surface area (Å²) in [6.07, 6.45) is 0. The van der Waals surface area contributed by atoms with Gasteiger partial charge in [-0.05, 0) is 35.8 Å². The molecule has 1 aromatic carbocycles. The molecular formula is C12H15BrN2O4. The first kappa shape index (κ1) is 15.6. The summed E-state index contributed by atoms with van der Waals surface area (Å²) in [5, 5.41) is 20.4. The molecule has 1 aromatic rings. The Hall–Kier alpha value is -1.47. The Morgan fingerprint density at radius 1 is 1.53 bits per heavy atom. The van der Waals surface area contributed by atoms with Crippen LogP contribution in [-0.4, -0.2) is 40.0 Å². The molecule has 1 amide bonds. The number of rotatable bonds is 4. The number of likely N-dealkylation sites (N-methyl/N-ethyl adjacent to an activating group) is 1. The molecule has 0 heterocycles. The summed E-state index contributed by atoms with van der Waals surface area (Å²) in [6, 6.07) is 3.99. The molecule has 0 bridgehead atoms. The van der Waals surface area contributed by atoms with Gasteiger partial charge >= 0.3 is 0 Å². The Morgan fingerprint density at radius 2 is 2.11 bits per heavy atom. The Morgan fingerprint density at radius 3 is 2.58 bits per heavy atom. The molecular weight excluding hydrogens is 316 g/mol. The highest BCUT2D eigenvalue weighted by Gasteiger charge is 2.23. The number of halogens is 1. The van der Waals surface area contributed by atoms with Crippen molar-refractivity contribution in [2.75, 3.05) is 13.6 Å². The van der Waals surface area contributed by atoms with E-state index >= 15 is 0 Å². The zero-order valence-corrected chi connectivity index (χ0v) is 12.5. The third kappa shape index (κ3) is 4.29. The molecule has 1 rings (SSSR count). The van der Waals surface area contributed by atoms with Crippen LogP contribution in [-0.2, 0) is 0 Å². The maximum absolute atomic E-state index is 12.2. The van der Waals surface area contributed by atoms with E-state index in [9.17, 15) is 20.0 Å². The molecule has 0 aromatic heterocycles. The first-order valence-electron chi connectivity index (χ1n) is 5.53. The number of carbonyl (C=O) groups excluding carboxylic acids is 1. The second kappa shape index (κ2) is 5.66. The van der Waals surface area contributed by atoms with Gasteiger partial charge in [-0.25, -0.2) is 0 Å². The van der Waals surface area contributed by atoms with Gasteiger partial charge in [-0.2, -0.15) is 0 Å². The highest BCUT2D eigenvalue weighted by atomic mass is 79.9. The average molecular weight is 331 g/mol. The van der Waals surface area contributed by atoms with Gasteiger partial charge in [0.05, 0.1) is 16.1 Å². The number of hydrogen-bond donors (Lipinski definition) is 1. The molecule has 1 N–H and O–H groups in total. The van der Waals surface area contributed by atoms with Crippen molar-refractivity contribution >= 4 is 27.5 Å². The lowest BCUT2D eigenvalue weighted by molar-refractivity contribution is -0.384. The first-order valence-corrected chi connectivity index (χ1v) is 6.33. The summed E-state index contributed by atoms with van der Waals surface area (Å²) in [7, 11) is 1.53. The first-order chi connectivity index (χ1) is 8.61. The zero-order chi connectivity index (χ0) is 14.8. The summed E-state index contributed by atoms with van der Waals surface area (Å²) >= 11 is 3.20. The van der Waals surface area contributed by atoms with Crippen molar-refractivity contribution < 1.29 is 14.8 Å². The lowest BCUT2D eigenvalue weighted by Gasteiger charge is -2.25. The highest BCUT2D eigenvalue weighted by molar-refractivity contribution is 9.10. The molecule has 0 aliphatic heterocycles. The van der Waals surface area contributed by atoms with Crippen molar-refractivity contribution in [1.29, 1.82) is 0 Å². The molecule has 6 nitrogen and oxygen atoms in total. The molecule has 0 unspecified atom stereocenters. The van der Waals surface area contributed by atoms with Crippen LogP contribution in [0.5, 0.6) is 0 Å². The molecule has 19 heavy (non-hydrogen) atoms. The summed E-state index contributed by atoms with van der Waals surface area (Å²) in [4.78, 5) is 23.7. The molecule has 0 saturated carbocycles. The zero-order valence-electron chi connectivity index (χ0n) is 10.9. The number of non-ortho nitro benzene ring substituents is 1. The van der Waals surface area contributed by atoms with Crippen LogP contribution >= 0.6 is 15.9 Å². The molecule has 104 valence electrons. The van der Waals surface area contributed by atoms with Gasteiger partial charge in [0.2, 0.25) is 0 Å². The van der Waals surface area contributed by atoms with Crippen molar-refractivity contribution in [3.8, 4) is 0 Å². The van der Waals surface area contributed by atoms with Crippen LogP contribution in [0.2, 0.25) is 0 Å². The van der Waals surface area contributed by atoms with Crippen LogP contribution in [0.4, 0.5) is 5.69 Å². The second-order valence-corrected chi connectivity index (χ2v) is 5.75. The van der Waals surface area contributed by atoms with Crippen molar-refractivity contribution in [2.45, 2.75) is 19.4 Å². The smallest absolute Gasteiger partial charge is 0.270 e. The lowest BCUT2D eigenvalue weighted by Crippen LogP contribution is -2.39. The van der Waals surface area contributed by atoms with Crippen LogP contribution in [0.25, 0.3) is 0 Å². The predicted octanol–water partition coefficient (Wildman–Crippen LogP) is 2.20. The van der Waals surface area contributed by atoms with Crippen molar-refractivity contribution in [3.63, 3.8) is 0 Å². The molecule has 0 aliphatic rings. The van der Waals surface area contributed by atoms with Crippen molar-refractivity contribution in [2.24, 2.45) is 0 Å². The topological polar surface area (TPSA) is 83.7 Å². The fourth-order valence-corrected chi connectivity index (χ4v) is 2.06. The van der Waals surface area contributed by atoms with E-state index < -0.39 is 16.4 Å². The van der Waals surface area contributed by atoms with E-state index in [1.807, 2.05) is 0 Å². The van der Waals surface area contributed by atoms with Crippen LogP contribution in [0.15, 0.2) is 22.7 Å². The van der Waals surface area contributed by atoms with Gasteiger partial charge in [0, 0.05) is 30.2 Å². The quantitative estimate of drug-likeness (QED) is 0.677. The van der Waals surface area contributed by atoms with Crippen LogP contribution in [0, 0.1) is 10.1 Å². The number of nitrogens with zero attached hydrogens (tertiary/aromatic N) is 2. The highest BCUT2D eigenvalue weighted by Crippen LogP contribution is 2.24. The van der Waals surface area contributed by atoms with Crippen LogP contribution in [0.1, 0.15) is 24.2 Å². The Kier molecular flexibility index (Phi) is 4.65. The largest absolute Gasteiger partial charge is 0.389 e. The van der Waals surface area contributed by atoms with E-state index in [0.29, 0.717) is 4.47 Å². The Balaban J connectivity index is 3.05. The van der Waals surface area contributed by atoms with E-state index in [1.54, 1.807) is 13.8 Å². The van der Waals surface area contributed by atoms with E-state index in [4.69, 9.17) is 0 Å². The summed E-state index contributed by atoms with van der Waals surface area (Å²) in [5.74, 6) is -0.391. The molecule has 0 aliphatic carbocycles. The maximum atomic E-state index is 12.2. The lowest BCUT2D eigenvalue weighted by atomic mass is 10.1. The number of nitro benzene ring substituents is 1. The summed E-state index contributed by atoms with van der Waals surface area (Å²) in [6.45, 7) is 3.29. The number of aliphatic hydroxyl groups is 1. The number of hydrogen-bond acceptors (Lipinski definition) is 4. The van der Waals surface area contributed by atoms with Gasteiger partial charge in [0.15, 0.2) is 0 Å². The van der Waals surface area contributed by atoms with Crippen LogP contribution < -0.4 is 0 Å². The van der Waals surface area contributed by atoms with E-state index in [-0.39, 0.29) is 17.8 Å². The van der Waals surface area contributed by atoms with Gasteiger partial charge in [-0.15, -0.1) is 0 Å². The van der Waals surface area contributed by atoms with E-state index in [0.717, 1.165) is 0 Å².